The van der Waals surface area contributed by atoms with E-state index in [4.69, 9.17) is 33.2 Å². The van der Waals surface area contributed by atoms with Crippen molar-refractivity contribution >= 4 is 35.4 Å². The SMILES string of the molecule is C=C(C)C(=O)Oc1cc(OC2(C)C3CC4CC(C3)CC2C4)cc(C(C)=O)c1.C=C(C)C(=O)Oc1cc(OC2(C)CCCCC2)cc(C(=O)OC)c1.C=C(C)C(=O)Oc1cc(OC2(C)CCCCC2)cc(C(C)=O)c1. The maximum absolute atomic E-state index is 12.0. The second-order valence-electron chi connectivity index (χ2n) is 22.0. The van der Waals surface area contributed by atoms with Gasteiger partial charge >= 0.3 is 23.9 Å². The van der Waals surface area contributed by atoms with E-state index >= 15 is 0 Å². The fraction of sp³-hybridized carbons (Fsp3) is 0.508. The van der Waals surface area contributed by atoms with Gasteiger partial charge in [-0.05, 0) is 199 Å². The average molecular weight is 1020 g/mol. The Hall–Kier alpha value is -6.50. The van der Waals surface area contributed by atoms with Crippen molar-refractivity contribution in [1.82, 2.24) is 0 Å². The zero-order valence-corrected chi connectivity index (χ0v) is 45.0. The molecule has 0 saturated heterocycles. The lowest BCUT2D eigenvalue weighted by molar-refractivity contribution is -0.145. The molecule has 6 aliphatic carbocycles. The Bertz CT molecular complexity index is 2610. The molecule has 13 nitrogen and oxygen atoms in total. The molecule has 6 saturated carbocycles. The number of ether oxygens (including phenoxy) is 7. The third-order valence-electron chi connectivity index (χ3n) is 15.2. The molecule has 4 bridgehead atoms. The van der Waals surface area contributed by atoms with E-state index in [0.29, 0.717) is 62.9 Å². The molecule has 0 spiro atoms. The molecule has 13 heteroatoms. The molecule has 74 heavy (non-hydrogen) atoms. The molecule has 0 unspecified atom stereocenters. The predicted molar refractivity (Wildman–Crippen MR) is 282 cm³/mol. The molecule has 0 aliphatic heterocycles. The van der Waals surface area contributed by atoms with Crippen LogP contribution in [0.1, 0.15) is 183 Å². The summed E-state index contributed by atoms with van der Waals surface area (Å²) in [6.45, 7) is 24.9. The van der Waals surface area contributed by atoms with Crippen LogP contribution in [-0.2, 0) is 19.1 Å². The molecule has 9 rings (SSSR count). The summed E-state index contributed by atoms with van der Waals surface area (Å²) < 4.78 is 39.5. The molecule has 0 atom stereocenters. The lowest BCUT2D eigenvalue weighted by Gasteiger charge is -2.59. The number of rotatable bonds is 15. The van der Waals surface area contributed by atoms with E-state index in [1.165, 1.54) is 72.0 Å². The number of Topliss-reactive ketones (excluding diaryl/α,β-unsaturated/α-hetero) is 2. The molecule has 0 aromatic heterocycles. The second-order valence-corrected chi connectivity index (χ2v) is 22.0. The summed E-state index contributed by atoms with van der Waals surface area (Å²) in [7, 11) is 1.30. The minimum atomic E-state index is -0.549. The van der Waals surface area contributed by atoms with Crippen LogP contribution in [0, 0.1) is 23.7 Å². The number of carbonyl (C=O) groups is 6. The van der Waals surface area contributed by atoms with Crippen molar-refractivity contribution in [2.45, 2.75) is 169 Å². The van der Waals surface area contributed by atoms with Crippen LogP contribution in [0.3, 0.4) is 0 Å². The van der Waals surface area contributed by atoms with Gasteiger partial charge in [-0.2, -0.15) is 0 Å². The lowest BCUT2D eigenvalue weighted by Crippen LogP contribution is -2.59. The van der Waals surface area contributed by atoms with Crippen LogP contribution in [0.4, 0.5) is 0 Å². The van der Waals surface area contributed by atoms with E-state index < -0.39 is 23.9 Å². The van der Waals surface area contributed by atoms with Crippen LogP contribution in [0.15, 0.2) is 91.1 Å². The molecular formula is C61H76O13. The Kier molecular flexibility index (Phi) is 18.6. The smallest absolute Gasteiger partial charge is 0.338 e. The molecule has 3 aromatic rings. The molecule has 3 aromatic carbocycles. The molecule has 0 heterocycles. The maximum atomic E-state index is 12.0. The highest BCUT2D eigenvalue weighted by Gasteiger charge is 2.56. The zero-order chi connectivity index (χ0) is 54.1. The van der Waals surface area contributed by atoms with Crippen LogP contribution >= 0.6 is 0 Å². The average Bonchev–Trinajstić information content (AvgIpc) is 3.33. The third-order valence-corrected chi connectivity index (χ3v) is 15.2. The van der Waals surface area contributed by atoms with Gasteiger partial charge in [-0.3, -0.25) is 9.59 Å². The standard InChI is InChI=1S/C23H28O4.C19H24O5.C19H24O4/c1-13(2)22(25)26-20-10-17(14(3)24)11-21(12-20)27-23(4)18-6-15-5-16(8-18)9-19(23)7-15;1-13(2)17(20)23-15-10-14(18(21)22-4)11-16(12-15)24-19(3)8-6-5-7-9-19;1-13(2)18(21)22-16-10-15(14(3)20)11-17(12-16)23-19(4)8-6-5-7-9-19/h10-12,15-16,18-19H,1,5-9H2,2-4H3;10-12H,1,5-9H2,2-4H3;10-12H,1,5-9H2,2-4H3. The molecular weight excluding hydrogens is 941 g/mol. The van der Waals surface area contributed by atoms with Crippen LogP contribution in [0.5, 0.6) is 34.5 Å². The van der Waals surface area contributed by atoms with Gasteiger partial charge in [0.05, 0.1) is 12.7 Å². The number of hydrogen-bond donors (Lipinski definition) is 0. The molecule has 0 radical (unpaired) electrons. The highest BCUT2D eigenvalue weighted by atomic mass is 16.6. The van der Waals surface area contributed by atoms with E-state index in [9.17, 15) is 28.8 Å². The zero-order valence-electron chi connectivity index (χ0n) is 45.0. The van der Waals surface area contributed by atoms with Crippen LogP contribution in [0.2, 0.25) is 0 Å². The Morgan fingerprint density at radius 2 is 0.743 bits per heavy atom. The first-order valence-electron chi connectivity index (χ1n) is 26.1. The highest BCUT2D eigenvalue weighted by Crippen LogP contribution is 2.59. The lowest BCUT2D eigenvalue weighted by atomic mass is 9.50. The number of benzene rings is 3. The van der Waals surface area contributed by atoms with Crippen molar-refractivity contribution in [3.63, 3.8) is 0 Å². The van der Waals surface area contributed by atoms with Gasteiger partial charge in [0.25, 0.3) is 0 Å². The quantitative estimate of drug-likeness (QED) is 0.0611. The van der Waals surface area contributed by atoms with Crippen molar-refractivity contribution < 1.29 is 61.9 Å². The van der Waals surface area contributed by atoms with Gasteiger partial charge < -0.3 is 33.2 Å². The Balaban J connectivity index is 0.000000182. The van der Waals surface area contributed by atoms with E-state index in [-0.39, 0.29) is 45.3 Å². The Morgan fingerprint density at radius 3 is 1.07 bits per heavy atom. The van der Waals surface area contributed by atoms with Crippen molar-refractivity contribution in [2.75, 3.05) is 7.11 Å². The maximum Gasteiger partial charge on any atom is 0.338 e. The molecule has 6 aliphatic rings. The largest absolute Gasteiger partial charge is 0.487 e. The fourth-order valence-corrected chi connectivity index (χ4v) is 11.2. The van der Waals surface area contributed by atoms with E-state index in [1.54, 1.807) is 69.3 Å². The first kappa shape index (κ1) is 56.8. The van der Waals surface area contributed by atoms with Crippen molar-refractivity contribution in [2.24, 2.45) is 23.7 Å². The second kappa shape index (κ2) is 24.2. The summed E-state index contributed by atoms with van der Waals surface area (Å²) in [5, 5.41) is 0. The molecule has 6 fully saturated rings. The van der Waals surface area contributed by atoms with Crippen LogP contribution < -0.4 is 28.4 Å². The van der Waals surface area contributed by atoms with E-state index in [0.717, 1.165) is 63.2 Å². The van der Waals surface area contributed by atoms with Crippen LogP contribution in [0.25, 0.3) is 0 Å². The summed E-state index contributed by atoms with van der Waals surface area (Å²) in [5.74, 6) is 3.14. The van der Waals surface area contributed by atoms with Crippen LogP contribution in [-0.4, -0.2) is 59.4 Å². The summed E-state index contributed by atoms with van der Waals surface area (Å²) >= 11 is 0. The Labute approximate surface area is 437 Å². The fourth-order valence-electron chi connectivity index (χ4n) is 11.2. The van der Waals surface area contributed by atoms with Gasteiger partial charge in [-0.15, -0.1) is 0 Å². The van der Waals surface area contributed by atoms with Gasteiger partial charge in [0.15, 0.2) is 11.6 Å². The Morgan fingerprint density at radius 1 is 0.432 bits per heavy atom. The number of ketones is 2. The number of esters is 4. The monoisotopic (exact) mass is 1020 g/mol. The molecule has 398 valence electrons. The van der Waals surface area contributed by atoms with E-state index in [1.807, 2.05) is 0 Å². The molecule has 0 amide bonds. The topological polar surface area (TPSA) is 167 Å². The first-order chi connectivity index (χ1) is 34.9. The van der Waals surface area contributed by atoms with E-state index in [2.05, 4.69) is 40.5 Å². The van der Waals surface area contributed by atoms with Gasteiger partial charge in [-0.1, -0.05) is 32.6 Å². The summed E-state index contributed by atoms with van der Waals surface area (Å²) in [6, 6.07) is 14.7. The van der Waals surface area contributed by atoms with Crippen molar-refractivity contribution in [3.05, 3.63) is 108 Å². The minimum absolute atomic E-state index is 0.0803. The third kappa shape index (κ3) is 15.1. The first-order valence-corrected chi connectivity index (χ1v) is 26.1. The number of methoxy groups -OCH3 is 1. The highest BCUT2D eigenvalue weighted by molar-refractivity contribution is 5.96. The van der Waals surface area contributed by atoms with Gasteiger partial charge in [0.2, 0.25) is 0 Å². The number of carbonyl (C=O) groups excluding carboxylic acids is 6. The summed E-state index contributed by atoms with van der Waals surface area (Å²) in [5.41, 5.74) is 1.42. The van der Waals surface area contributed by atoms with Gasteiger partial charge in [0.1, 0.15) is 51.3 Å². The van der Waals surface area contributed by atoms with Crippen molar-refractivity contribution in [3.8, 4) is 34.5 Å². The van der Waals surface area contributed by atoms with Gasteiger partial charge in [-0.25, -0.2) is 19.2 Å². The van der Waals surface area contributed by atoms with Crippen molar-refractivity contribution in [1.29, 1.82) is 0 Å². The molecule has 0 N–H and O–H groups in total. The summed E-state index contributed by atoms with van der Waals surface area (Å²) in [4.78, 5) is 70.9. The minimum Gasteiger partial charge on any atom is -0.487 e. The number of hydrogen-bond acceptors (Lipinski definition) is 13. The summed E-state index contributed by atoms with van der Waals surface area (Å²) in [6.07, 6.45) is 17.2. The van der Waals surface area contributed by atoms with Gasteiger partial charge in [0, 0.05) is 46.0 Å². The normalized spacial score (nSPS) is 22.6. The predicted octanol–water partition coefficient (Wildman–Crippen LogP) is 13.5.